The SMILES string of the molecule is C[C@@H](C(=O)N1CCC(CCn2cnc(N)c3nc(Sc4cc5c(cc4Br)OCO5)nc2-3)CC1)N(C)C(=O)O. The molecule has 38 heavy (non-hydrogen) atoms. The number of carbonyl (C=O) groups excluding carboxylic acids is 1. The van der Waals surface area contributed by atoms with Gasteiger partial charge in [0.1, 0.15) is 6.04 Å². The number of imidazole rings is 1. The van der Waals surface area contributed by atoms with Gasteiger partial charge in [0.05, 0.1) is 6.33 Å². The molecule has 4 heterocycles. The zero-order chi connectivity index (χ0) is 27.0. The Kier molecular flexibility index (Phi) is 7.52. The van der Waals surface area contributed by atoms with Crippen molar-refractivity contribution in [1.29, 1.82) is 0 Å². The van der Waals surface area contributed by atoms with E-state index in [0.29, 0.717) is 59.5 Å². The highest BCUT2D eigenvalue weighted by molar-refractivity contribution is 9.10. The number of likely N-dealkylation sites (N-methyl/N-ethyl adjacent to an activating group) is 1. The predicted octanol–water partition coefficient (Wildman–Crippen LogP) is 3.63. The van der Waals surface area contributed by atoms with E-state index >= 15 is 0 Å². The molecule has 0 radical (unpaired) electrons. The summed E-state index contributed by atoms with van der Waals surface area (Å²) < 4.78 is 13.7. The molecule has 3 N–H and O–H groups in total. The number of ether oxygens (including phenoxy) is 2. The lowest BCUT2D eigenvalue weighted by Crippen LogP contribution is -2.49. The van der Waals surface area contributed by atoms with Gasteiger partial charge in [0.15, 0.2) is 34.0 Å². The third-order valence-corrected chi connectivity index (χ3v) is 8.89. The molecule has 1 aromatic carbocycles. The van der Waals surface area contributed by atoms with Crippen LogP contribution in [0, 0.1) is 5.92 Å². The van der Waals surface area contributed by atoms with Crippen molar-refractivity contribution in [3.05, 3.63) is 22.9 Å². The molecule has 14 heteroatoms. The van der Waals surface area contributed by atoms with Gasteiger partial charge in [-0.15, -0.1) is 0 Å². The van der Waals surface area contributed by atoms with E-state index in [9.17, 15) is 9.59 Å². The van der Waals surface area contributed by atoms with E-state index in [1.807, 2.05) is 16.7 Å². The van der Waals surface area contributed by atoms with Crippen LogP contribution in [0.1, 0.15) is 26.2 Å². The monoisotopic (exact) mass is 605 g/mol. The van der Waals surface area contributed by atoms with Crippen LogP contribution in [-0.2, 0) is 11.3 Å². The first-order valence-corrected chi connectivity index (χ1v) is 13.8. The molecule has 1 saturated heterocycles. The Hall–Kier alpha value is -3.26. The maximum absolute atomic E-state index is 12.7. The van der Waals surface area contributed by atoms with Crippen molar-refractivity contribution in [2.75, 3.05) is 32.7 Å². The fraction of sp³-hybridized carbons (Fsp3) is 0.458. The molecule has 5 rings (SSSR count). The number of rotatable bonds is 7. The van der Waals surface area contributed by atoms with Crippen molar-refractivity contribution >= 4 is 45.5 Å². The predicted molar refractivity (Wildman–Crippen MR) is 142 cm³/mol. The Balaban J connectivity index is 1.22. The number of carboxylic acid groups (broad SMARTS) is 1. The lowest BCUT2D eigenvalue weighted by Gasteiger charge is -2.35. The number of likely N-dealkylation sites (tertiary alicyclic amines) is 1. The van der Waals surface area contributed by atoms with Crippen molar-refractivity contribution in [1.82, 2.24) is 29.3 Å². The molecule has 0 unspecified atom stereocenters. The number of carbonyl (C=O) groups is 2. The standard InChI is InChI=1S/C24H28BrN7O5S/c1-13(30(2)24(34)35)22(33)31-6-3-14(4-7-31)5-8-32-11-27-20(26)19-21(32)29-23(28-19)38-18-10-17-16(9-15(18)25)36-12-37-17/h9-11,13-14H,3-8,12,26H2,1-2H3,(H,34,35)/t13-/m0/s1. The molecule has 1 fully saturated rings. The summed E-state index contributed by atoms with van der Waals surface area (Å²) in [5.74, 6) is 2.64. The van der Waals surface area contributed by atoms with Crippen LogP contribution in [-0.4, -0.2) is 79.4 Å². The second-order valence-corrected chi connectivity index (χ2v) is 11.2. The first-order chi connectivity index (χ1) is 18.2. The van der Waals surface area contributed by atoms with Crippen molar-refractivity contribution < 1.29 is 24.2 Å². The number of aromatic nitrogens is 4. The van der Waals surface area contributed by atoms with Crippen LogP contribution in [0.5, 0.6) is 11.5 Å². The van der Waals surface area contributed by atoms with E-state index in [-0.39, 0.29) is 12.7 Å². The number of nitrogens with zero attached hydrogens (tertiary/aromatic N) is 6. The number of benzene rings is 1. The van der Waals surface area contributed by atoms with Gasteiger partial charge in [0.2, 0.25) is 12.7 Å². The summed E-state index contributed by atoms with van der Waals surface area (Å²) in [7, 11) is 1.42. The average molecular weight is 607 g/mol. The summed E-state index contributed by atoms with van der Waals surface area (Å²) in [6.45, 7) is 3.74. The number of aryl methyl sites for hydroxylation is 1. The molecule has 202 valence electrons. The first kappa shape index (κ1) is 26.4. The fourth-order valence-corrected chi connectivity index (χ4v) is 5.93. The summed E-state index contributed by atoms with van der Waals surface area (Å²) >= 11 is 4.98. The van der Waals surface area contributed by atoms with Gasteiger partial charge >= 0.3 is 6.09 Å². The average Bonchev–Trinajstić information content (AvgIpc) is 3.54. The highest BCUT2D eigenvalue weighted by Gasteiger charge is 2.30. The minimum absolute atomic E-state index is 0.154. The molecule has 1 aromatic rings. The van der Waals surface area contributed by atoms with Gasteiger partial charge in [-0.25, -0.2) is 19.7 Å². The highest BCUT2D eigenvalue weighted by Crippen LogP contribution is 2.43. The zero-order valence-electron chi connectivity index (χ0n) is 21.0. The first-order valence-electron chi connectivity index (χ1n) is 12.2. The molecule has 0 saturated carbocycles. The molecule has 2 amide bonds. The number of anilines is 1. The molecule has 0 aromatic heterocycles. The van der Waals surface area contributed by atoms with Crippen molar-refractivity contribution in [2.24, 2.45) is 5.92 Å². The largest absolute Gasteiger partial charge is 0.465 e. The second-order valence-electron chi connectivity index (χ2n) is 9.37. The second kappa shape index (κ2) is 10.8. The van der Waals surface area contributed by atoms with Gasteiger partial charge in [0.25, 0.3) is 0 Å². The number of nitrogens with two attached hydrogens (primary N) is 1. The van der Waals surface area contributed by atoms with E-state index in [1.165, 1.54) is 18.8 Å². The van der Waals surface area contributed by atoms with Gasteiger partial charge in [-0.3, -0.25) is 9.69 Å². The van der Waals surface area contributed by atoms with E-state index in [0.717, 1.165) is 33.5 Å². The fourth-order valence-electron chi connectivity index (χ4n) is 4.58. The quantitative estimate of drug-likeness (QED) is 0.408. The maximum atomic E-state index is 12.7. The Morgan fingerprint density at radius 2 is 1.97 bits per heavy atom. The summed E-state index contributed by atoms with van der Waals surface area (Å²) in [5, 5.41) is 9.71. The molecule has 0 spiro atoms. The summed E-state index contributed by atoms with van der Waals surface area (Å²) in [4.78, 5) is 41.3. The van der Waals surface area contributed by atoms with Gasteiger partial charge in [-0.05, 0) is 71.9 Å². The van der Waals surface area contributed by atoms with Crippen molar-refractivity contribution in [3.8, 4) is 23.0 Å². The molecular formula is C24H28BrN7O5S. The minimum atomic E-state index is -1.11. The van der Waals surface area contributed by atoms with E-state index < -0.39 is 12.1 Å². The van der Waals surface area contributed by atoms with Crippen LogP contribution < -0.4 is 15.2 Å². The van der Waals surface area contributed by atoms with E-state index in [2.05, 4.69) is 25.9 Å². The lowest BCUT2D eigenvalue weighted by molar-refractivity contribution is -0.136. The van der Waals surface area contributed by atoms with Crippen LogP contribution in [0.15, 0.2) is 33.0 Å². The number of amides is 2. The summed E-state index contributed by atoms with van der Waals surface area (Å²) in [6.07, 6.45) is 3.18. The Morgan fingerprint density at radius 3 is 2.68 bits per heavy atom. The number of hydrogen-bond donors (Lipinski definition) is 2. The lowest BCUT2D eigenvalue weighted by atomic mass is 9.93. The number of hydrogen-bond acceptors (Lipinski definition) is 9. The molecule has 12 nitrogen and oxygen atoms in total. The van der Waals surface area contributed by atoms with Crippen molar-refractivity contribution in [2.45, 2.75) is 48.8 Å². The molecule has 0 aliphatic carbocycles. The molecule has 0 bridgehead atoms. The number of piperidine rings is 1. The maximum Gasteiger partial charge on any atom is 0.407 e. The summed E-state index contributed by atoms with van der Waals surface area (Å²) in [5.41, 5.74) is 6.68. The van der Waals surface area contributed by atoms with Crippen LogP contribution in [0.3, 0.4) is 0 Å². The van der Waals surface area contributed by atoms with Gasteiger partial charge in [-0.2, -0.15) is 0 Å². The van der Waals surface area contributed by atoms with Gasteiger partial charge in [0, 0.05) is 36.1 Å². The van der Waals surface area contributed by atoms with Crippen LogP contribution in [0.2, 0.25) is 0 Å². The number of halogens is 1. The van der Waals surface area contributed by atoms with Crippen molar-refractivity contribution in [3.63, 3.8) is 0 Å². The van der Waals surface area contributed by atoms with Gasteiger partial charge in [-0.1, -0.05) is 0 Å². The van der Waals surface area contributed by atoms with Crippen LogP contribution >= 0.6 is 27.7 Å². The number of fused-ring (bicyclic) bond motifs is 2. The molecule has 4 aliphatic rings. The molecule has 4 aliphatic heterocycles. The third kappa shape index (κ3) is 5.32. The van der Waals surface area contributed by atoms with E-state index in [1.54, 1.807) is 18.2 Å². The Labute approximate surface area is 232 Å². The smallest absolute Gasteiger partial charge is 0.407 e. The Morgan fingerprint density at radius 1 is 1.26 bits per heavy atom. The van der Waals surface area contributed by atoms with Crippen LogP contribution in [0.4, 0.5) is 10.6 Å². The zero-order valence-corrected chi connectivity index (χ0v) is 23.4. The highest BCUT2D eigenvalue weighted by atomic mass is 79.9. The topological polar surface area (TPSA) is 149 Å². The van der Waals surface area contributed by atoms with Gasteiger partial charge < -0.3 is 29.8 Å². The summed E-state index contributed by atoms with van der Waals surface area (Å²) in [6, 6.07) is 3.06. The number of nitrogen functional groups attached to an aromatic ring is 1. The normalized spacial score (nSPS) is 16.1. The Bertz CT molecular complexity index is 1330. The molecule has 1 atom stereocenters. The third-order valence-electron chi connectivity index (χ3n) is 7.04. The van der Waals surface area contributed by atoms with E-state index in [4.69, 9.17) is 25.3 Å². The molecular weight excluding hydrogens is 578 g/mol. The minimum Gasteiger partial charge on any atom is -0.465 e. The van der Waals surface area contributed by atoms with Crippen LogP contribution in [0.25, 0.3) is 11.5 Å².